The standard InChI is InChI=1S/C24H20FN5O2/c25-17-9-14(18-5-6-27-24(26)29-18)10-19-21(17)30-23(28-19)16-8-15-7-13(22(31)12-1-2-12)3-4-20(15)32-11-16/h3-7,9-10,12,16H,1-2,8,11H2,(H,28,30)(H2,26,27,29). The number of aromatic amines is 1. The van der Waals surface area contributed by atoms with E-state index in [4.69, 9.17) is 10.5 Å². The molecule has 6 rings (SSSR count). The van der Waals surface area contributed by atoms with Crippen LogP contribution in [0.15, 0.2) is 42.6 Å². The van der Waals surface area contributed by atoms with Crippen LogP contribution in [0.5, 0.6) is 5.75 Å². The highest BCUT2D eigenvalue weighted by atomic mass is 19.1. The second kappa shape index (κ2) is 7.12. The third-order valence-electron chi connectivity index (χ3n) is 6.11. The van der Waals surface area contributed by atoms with Gasteiger partial charge >= 0.3 is 0 Å². The Morgan fingerprint density at radius 1 is 1.16 bits per heavy atom. The van der Waals surface area contributed by atoms with Gasteiger partial charge in [-0.05, 0) is 61.2 Å². The zero-order valence-corrected chi connectivity index (χ0v) is 17.1. The van der Waals surface area contributed by atoms with E-state index in [-0.39, 0.29) is 29.1 Å². The number of anilines is 1. The maximum absolute atomic E-state index is 14.8. The fourth-order valence-corrected chi connectivity index (χ4v) is 4.27. The summed E-state index contributed by atoms with van der Waals surface area (Å²) in [5.74, 6) is 1.45. The molecule has 2 aliphatic rings. The van der Waals surface area contributed by atoms with Crippen LogP contribution in [-0.4, -0.2) is 32.3 Å². The number of Topliss-reactive ketones (excluding diaryl/α,β-unsaturated/α-hetero) is 1. The summed E-state index contributed by atoms with van der Waals surface area (Å²) >= 11 is 0. The summed E-state index contributed by atoms with van der Waals surface area (Å²) in [6, 6.07) is 10.5. The molecule has 1 fully saturated rings. The Kier molecular flexibility index (Phi) is 4.21. The minimum Gasteiger partial charge on any atom is -0.493 e. The van der Waals surface area contributed by atoms with Crippen LogP contribution in [0, 0.1) is 11.7 Å². The lowest BCUT2D eigenvalue weighted by Crippen LogP contribution is -2.20. The first-order valence-corrected chi connectivity index (χ1v) is 10.6. The molecular formula is C24H20FN5O2. The number of hydrogen-bond donors (Lipinski definition) is 2. The highest BCUT2D eigenvalue weighted by Crippen LogP contribution is 2.37. The Morgan fingerprint density at radius 2 is 2.03 bits per heavy atom. The number of nitrogens with two attached hydrogens (primary N) is 1. The number of fused-ring (bicyclic) bond motifs is 2. The summed E-state index contributed by atoms with van der Waals surface area (Å²) in [4.78, 5) is 28.3. The van der Waals surface area contributed by atoms with Gasteiger partial charge in [0.25, 0.3) is 0 Å². The highest BCUT2D eigenvalue weighted by molar-refractivity contribution is 5.99. The van der Waals surface area contributed by atoms with Crippen molar-refractivity contribution in [2.75, 3.05) is 12.3 Å². The van der Waals surface area contributed by atoms with E-state index < -0.39 is 5.82 Å². The number of imidazole rings is 1. The summed E-state index contributed by atoms with van der Waals surface area (Å²) in [6.45, 7) is 0.430. The molecule has 1 aliphatic heterocycles. The Morgan fingerprint density at radius 3 is 2.84 bits per heavy atom. The second-order valence-corrected chi connectivity index (χ2v) is 8.45. The molecule has 1 unspecified atom stereocenters. The Bertz CT molecular complexity index is 1380. The number of benzene rings is 2. The molecule has 2 aromatic heterocycles. The Hall–Kier alpha value is -3.81. The molecule has 8 heteroatoms. The van der Waals surface area contributed by atoms with Gasteiger partial charge in [0.05, 0.1) is 23.7 Å². The number of ether oxygens (including phenoxy) is 1. The number of halogens is 1. The van der Waals surface area contributed by atoms with Crippen molar-refractivity contribution in [2.24, 2.45) is 5.92 Å². The number of hydrogen-bond acceptors (Lipinski definition) is 6. The fourth-order valence-electron chi connectivity index (χ4n) is 4.27. The third-order valence-corrected chi connectivity index (χ3v) is 6.11. The number of nitrogens with zero attached hydrogens (tertiary/aromatic N) is 3. The Labute approximate surface area is 182 Å². The predicted octanol–water partition coefficient (Wildman–Crippen LogP) is 4.05. The SMILES string of the molecule is Nc1nccc(-c2cc(F)c3nc(C4COc5ccc(C(=O)C6CC6)cc5C4)[nH]c3c2)n1. The van der Waals surface area contributed by atoms with Crippen LogP contribution in [-0.2, 0) is 6.42 Å². The van der Waals surface area contributed by atoms with Crippen LogP contribution in [0.1, 0.15) is 40.5 Å². The predicted molar refractivity (Wildman–Crippen MR) is 117 cm³/mol. The number of carbonyl (C=O) groups excluding carboxylic acids is 1. The minimum atomic E-state index is -0.438. The van der Waals surface area contributed by atoms with E-state index in [2.05, 4.69) is 19.9 Å². The van der Waals surface area contributed by atoms with Crippen molar-refractivity contribution in [3.63, 3.8) is 0 Å². The summed E-state index contributed by atoms with van der Waals surface area (Å²) in [7, 11) is 0. The average molecular weight is 429 g/mol. The molecule has 32 heavy (non-hydrogen) atoms. The number of aromatic nitrogens is 4. The number of rotatable bonds is 4. The summed E-state index contributed by atoms with van der Waals surface area (Å²) in [5.41, 5.74) is 9.36. The summed E-state index contributed by atoms with van der Waals surface area (Å²) in [6.07, 6.45) is 4.15. The monoisotopic (exact) mass is 429 g/mol. The number of H-pyrrole nitrogens is 1. The molecule has 3 heterocycles. The van der Waals surface area contributed by atoms with Gasteiger partial charge < -0.3 is 15.5 Å². The maximum Gasteiger partial charge on any atom is 0.220 e. The van der Waals surface area contributed by atoms with Gasteiger partial charge in [-0.1, -0.05) is 0 Å². The van der Waals surface area contributed by atoms with E-state index >= 15 is 0 Å². The molecule has 0 radical (unpaired) electrons. The summed E-state index contributed by atoms with van der Waals surface area (Å²) in [5, 5.41) is 0. The van der Waals surface area contributed by atoms with E-state index in [0.717, 1.165) is 29.7 Å². The van der Waals surface area contributed by atoms with Crippen molar-refractivity contribution in [3.05, 3.63) is 65.4 Å². The van der Waals surface area contributed by atoms with Crippen LogP contribution in [0.25, 0.3) is 22.3 Å². The quantitative estimate of drug-likeness (QED) is 0.474. The van der Waals surface area contributed by atoms with Crippen LogP contribution in [0.2, 0.25) is 0 Å². The molecule has 1 aliphatic carbocycles. The molecule has 3 N–H and O–H groups in total. The van der Waals surface area contributed by atoms with Crippen LogP contribution in [0.4, 0.5) is 10.3 Å². The van der Waals surface area contributed by atoms with Crippen molar-refractivity contribution in [3.8, 4) is 17.0 Å². The van der Waals surface area contributed by atoms with Crippen molar-refractivity contribution in [2.45, 2.75) is 25.2 Å². The molecule has 1 saturated carbocycles. The number of nitrogens with one attached hydrogen (secondary N) is 1. The molecule has 2 aromatic carbocycles. The first-order chi connectivity index (χ1) is 15.5. The van der Waals surface area contributed by atoms with Gasteiger partial charge in [0.2, 0.25) is 5.95 Å². The van der Waals surface area contributed by atoms with E-state index in [9.17, 15) is 9.18 Å². The highest BCUT2D eigenvalue weighted by Gasteiger charge is 2.32. The van der Waals surface area contributed by atoms with Gasteiger partial charge in [-0.15, -0.1) is 0 Å². The molecule has 4 aromatic rings. The van der Waals surface area contributed by atoms with E-state index in [0.29, 0.717) is 35.6 Å². The maximum atomic E-state index is 14.8. The Balaban J connectivity index is 1.32. The molecule has 0 spiro atoms. The number of ketones is 1. The molecule has 7 nitrogen and oxygen atoms in total. The van der Waals surface area contributed by atoms with Gasteiger partial charge in [0.1, 0.15) is 17.1 Å². The largest absolute Gasteiger partial charge is 0.493 e. The first-order valence-electron chi connectivity index (χ1n) is 10.6. The molecule has 0 saturated heterocycles. The fraction of sp³-hybridized carbons (Fsp3) is 0.250. The van der Waals surface area contributed by atoms with E-state index in [1.165, 1.54) is 12.3 Å². The van der Waals surface area contributed by atoms with Gasteiger partial charge in [-0.25, -0.2) is 19.3 Å². The molecular weight excluding hydrogens is 409 g/mol. The van der Waals surface area contributed by atoms with Crippen LogP contribution in [0.3, 0.4) is 0 Å². The van der Waals surface area contributed by atoms with E-state index in [1.807, 2.05) is 18.2 Å². The normalized spacial score (nSPS) is 17.7. The third kappa shape index (κ3) is 3.28. The smallest absolute Gasteiger partial charge is 0.220 e. The molecule has 160 valence electrons. The van der Waals surface area contributed by atoms with Gasteiger partial charge in [-0.2, -0.15) is 0 Å². The first kappa shape index (κ1) is 18.9. The van der Waals surface area contributed by atoms with Crippen molar-refractivity contribution in [1.29, 1.82) is 0 Å². The van der Waals surface area contributed by atoms with Crippen molar-refractivity contribution >= 4 is 22.8 Å². The topological polar surface area (TPSA) is 107 Å². The van der Waals surface area contributed by atoms with Gasteiger partial charge in [0, 0.05) is 23.2 Å². The van der Waals surface area contributed by atoms with Gasteiger partial charge in [-0.3, -0.25) is 4.79 Å². The molecule has 0 bridgehead atoms. The zero-order chi connectivity index (χ0) is 21.8. The minimum absolute atomic E-state index is 0.0706. The second-order valence-electron chi connectivity index (χ2n) is 8.45. The number of carbonyl (C=O) groups is 1. The van der Waals surface area contributed by atoms with Crippen LogP contribution < -0.4 is 10.5 Å². The van der Waals surface area contributed by atoms with Crippen LogP contribution >= 0.6 is 0 Å². The van der Waals surface area contributed by atoms with Crippen molar-refractivity contribution in [1.82, 2.24) is 19.9 Å². The number of nitrogen functional groups attached to an aromatic ring is 1. The zero-order valence-electron chi connectivity index (χ0n) is 17.1. The van der Waals surface area contributed by atoms with E-state index in [1.54, 1.807) is 12.1 Å². The molecule has 1 atom stereocenters. The van der Waals surface area contributed by atoms with Crippen molar-refractivity contribution < 1.29 is 13.9 Å². The lowest BCUT2D eigenvalue weighted by atomic mass is 9.93. The lowest BCUT2D eigenvalue weighted by molar-refractivity contribution is 0.0967. The lowest BCUT2D eigenvalue weighted by Gasteiger charge is -2.24. The summed E-state index contributed by atoms with van der Waals surface area (Å²) < 4.78 is 20.8. The molecule has 0 amide bonds. The average Bonchev–Trinajstić information content (AvgIpc) is 3.56. The van der Waals surface area contributed by atoms with Gasteiger partial charge in [0.15, 0.2) is 11.6 Å².